The summed E-state index contributed by atoms with van der Waals surface area (Å²) in [5.41, 5.74) is 0.940. The average molecular weight is 268 g/mol. The van der Waals surface area contributed by atoms with Crippen LogP contribution in [0, 0.1) is 5.92 Å². The summed E-state index contributed by atoms with van der Waals surface area (Å²) < 4.78 is 17.2. The van der Waals surface area contributed by atoms with Crippen molar-refractivity contribution in [1.29, 1.82) is 0 Å². The summed E-state index contributed by atoms with van der Waals surface area (Å²) in [6.45, 7) is 0.224. The van der Waals surface area contributed by atoms with Crippen molar-refractivity contribution in [3.05, 3.63) is 35.9 Å². The lowest BCUT2D eigenvalue weighted by Gasteiger charge is -2.23. The molecule has 1 aliphatic rings. The SMILES string of the molecule is O=P(O)(CC1CCCCC1)OCc1ccccc1. The molecule has 2 rings (SSSR count). The fourth-order valence-corrected chi connectivity index (χ4v) is 3.97. The van der Waals surface area contributed by atoms with E-state index in [-0.39, 0.29) is 6.61 Å². The highest BCUT2D eigenvalue weighted by Crippen LogP contribution is 2.47. The highest BCUT2D eigenvalue weighted by molar-refractivity contribution is 7.52. The summed E-state index contributed by atoms with van der Waals surface area (Å²) in [6.07, 6.45) is 6.09. The highest BCUT2D eigenvalue weighted by Gasteiger charge is 2.26. The molecular formula is C14H21O3P. The second-order valence-electron chi connectivity index (χ2n) is 5.08. The van der Waals surface area contributed by atoms with Crippen LogP contribution in [-0.2, 0) is 15.7 Å². The zero-order valence-electron chi connectivity index (χ0n) is 10.6. The Kier molecular flexibility index (Phi) is 4.99. The molecule has 0 aliphatic heterocycles. The fraction of sp³-hybridized carbons (Fsp3) is 0.571. The Morgan fingerprint density at radius 2 is 1.83 bits per heavy atom. The first-order chi connectivity index (χ1) is 8.66. The average Bonchev–Trinajstić information content (AvgIpc) is 2.38. The van der Waals surface area contributed by atoms with Gasteiger partial charge in [-0.1, -0.05) is 49.6 Å². The van der Waals surface area contributed by atoms with Gasteiger partial charge in [0.05, 0.1) is 12.8 Å². The van der Waals surface area contributed by atoms with Crippen LogP contribution in [0.1, 0.15) is 37.7 Å². The Labute approximate surface area is 109 Å². The zero-order valence-corrected chi connectivity index (χ0v) is 11.5. The normalized spacial score (nSPS) is 20.5. The molecule has 1 atom stereocenters. The van der Waals surface area contributed by atoms with Gasteiger partial charge >= 0.3 is 7.60 Å². The molecule has 0 radical (unpaired) electrons. The molecule has 1 unspecified atom stereocenters. The van der Waals surface area contributed by atoms with E-state index in [1.807, 2.05) is 30.3 Å². The second-order valence-corrected chi connectivity index (χ2v) is 6.98. The zero-order chi connectivity index (χ0) is 12.8. The maximum Gasteiger partial charge on any atom is 0.328 e. The van der Waals surface area contributed by atoms with E-state index in [0.29, 0.717) is 12.1 Å². The fourth-order valence-electron chi connectivity index (χ4n) is 2.50. The first kappa shape index (κ1) is 13.8. The molecule has 0 bridgehead atoms. The molecule has 0 amide bonds. The summed E-state index contributed by atoms with van der Waals surface area (Å²) in [5, 5.41) is 0. The predicted octanol–water partition coefficient (Wildman–Crippen LogP) is 3.97. The third-order valence-corrected chi connectivity index (χ3v) is 5.00. The maximum absolute atomic E-state index is 12.0. The molecule has 0 aromatic heterocycles. The third kappa shape index (κ3) is 4.56. The summed E-state index contributed by atoms with van der Waals surface area (Å²) in [6, 6.07) is 9.54. The smallest absolute Gasteiger partial charge is 0.324 e. The summed E-state index contributed by atoms with van der Waals surface area (Å²) in [7, 11) is -3.43. The minimum atomic E-state index is -3.43. The molecule has 0 heterocycles. The van der Waals surface area contributed by atoms with Gasteiger partial charge in [0.1, 0.15) is 0 Å². The Morgan fingerprint density at radius 3 is 2.50 bits per heavy atom. The lowest BCUT2D eigenvalue weighted by Crippen LogP contribution is -2.12. The Balaban J connectivity index is 1.81. The first-order valence-electron chi connectivity index (χ1n) is 6.66. The largest absolute Gasteiger partial charge is 0.328 e. The molecule has 1 N–H and O–H groups in total. The summed E-state index contributed by atoms with van der Waals surface area (Å²) >= 11 is 0. The third-order valence-electron chi connectivity index (χ3n) is 3.49. The van der Waals surface area contributed by atoms with Gasteiger partial charge in [0, 0.05) is 0 Å². The van der Waals surface area contributed by atoms with E-state index in [1.54, 1.807) is 0 Å². The van der Waals surface area contributed by atoms with E-state index in [1.165, 1.54) is 19.3 Å². The van der Waals surface area contributed by atoms with E-state index in [0.717, 1.165) is 18.4 Å². The van der Waals surface area contributed by atoms with E-state index < -0.39 is 7.60 Å². The Hall–Kier alpha value is -0.630. The lowest BCUT2D eigenvalue weighted by atomic mass is 9.91. The van der Waals surface area contributed by atoms with Gasteiger partial charge in [-0.3, -0.25) is 4.57 Å². The topological polar surface area (TPSA) is 46.5 Å². The van der Waals surface area contributed by atoms with Crippen molar-refractivity contribution >= 4 is 7.60 Å². The molecule has 1 saturated carbocycles. The van der Waals surface area contributed by atoms with E-state index in [9.17, 15) is 9.46 Å². The van der Waals surface area contributed by atoms with Crippen molar-refractivity contribution in [3.63, 3.8) is 0 Å². The van der Waals surface area contributed by atoms with Crippen LogP contribution in [0.2, 0.25) is 0 Å². The molecule has 0 spiro atoms. The van der Waals surface area contributed by atoms with Crippen molar-refractivity contribution < 1.29 is 14.0 Å². The summed E-state index contributed by atoms with van der Waals surface area (Å²) in [5.74, 6) is 0.366. The highest BCUT2D eigenvalue weighted by atomic mass is 31.2. The van der Waals surface area contributed by atoms with Crippen LogP contribution in [0.5, 0.6) is 0 Å². The molecule has 1 fully saturated rings. The van der Waals surface area contributed by atoms with Gasteiger partial charge in [-0.2, -0.15) is 0 Å². The molecule has 18 heavy (non-hydrogen) atoms. The van der Waals surface area contributed by atoms with Crippen molar-refractivity contribution in [3.8, 4) is 0 Å². The van der Waals surface area contributed by atoms with Crippen LogP contribution in [-0.4, -0.2) is 11.1 Å². The molecule has 0 saturated heterocycles. The van der Waals surface area contributed by atoms with Crippen LogP contribution in [0.25, 0.3) is 0 Å². The molecule has 3 nitrogen and oxygen atoms in total. The number of hydrogen-bond acceptors (Lipinski definition) is 2. The molecule has 1 aliphatic carbocycles. The number of rotatable bonds is 5. The molecule has 4 heteroatoms. The van der Waals surface area contributed by atoms with Gasteiger partial charge in [-0.05, 0) is 24.3 Å². The van der Waals surface area contributed by atoms with Crippen LogP contribution in [0.4, 0.5) is 0 Å². The van der Waals surface area contributed by atoms with Crippen molar-refractivity contribution in [2.75, 3.05) is 6.16 Å². The van der Waals surface area contributed by atoms with Gasteiger partial charge in [0.25, 0.3) is 0 Å². The molecule has 1 aromatic rings. The number of benzene rings is 1. The predicted molar refractivity (Wildman–Crippen MR) is 72.5 cm³/mol. The Bertz CT molecular complexity index is 399. The van der Waals surface area contributed by atoms with Gasteiger partial charge in [-0.15, -0.1) is 0 Å². The Morgan fingerprint density at radius 1 is 1.17 bits per heavy atom. The molecule has 100 valence electrons. The first-order valence-corrected chi connectivity index (χ1v) is 8.42. The van der Waals surface area contributed by atoms with Crippen molar-refractivity contribution in [2.24, 2.45) is 5.92 Å². The van der Waals surface area contributed by atoms with Crippen LogP contribution < -0.4 is 0 Å². The minimum absolute atomic E-state index is 0.224. The summed E-state index contributed by atoms with van der Waals surface area (Å²) in [4.78, 5) is 9.86. The van der Waals surface area contributed by atoms with Gasteiger partial charge < -0.3 is 9.42 Å². The second kappa shape index (κ2) is 6.51. The van der Waals surface area contributed by atoms with Gasteiger partial charge in [-0.25, -0.2) is 0 Å². The molecular weight excluding hydrogens is 247 g/mol. The van der Waals surface area contributed by atoms with Crippen LogP contribution in [0.15, 0.2) is 30.3 Å². The minimum Gasteiger partial charge on any atom is -0.324 e. The lowest BCUT2D eigenvalue weighted by molar-refractivity contribution is 0.240. The number of hydrogen-bond donors (Lipinski definition) is 1. The van der Waals surface area contributed by atoms with Crippen LogP contribution in [0.3, 0.4) is 0 Å². The van der Waals surface area contributed by atoms with E-state index in [2.05, 4.69) is 0 Å². The van der Waals surface area contributed by atoms with Crippen LogP contribution >= 0.6 is 7.60 Å². The quantitative estimate of drug-likeness (QED) is 0.822. The van der Waals surface area contributed by atoms with Gasteiger partial charge in [0.2, 0.25) is 0 Å². The molecule has 1 aromatic carbocycles. The van der Waals surface area contributed by atoms with Crippen molar-refractivity contribution in [2.45, 2.75) is 38.7 Å². The van der Waals surface area contributed by atoms with Gasteiger partial charge in [0.15, 0.2) is 0 Å². The standard InChI is InChI=1S/C14H21O3P/c15-18(16,12-14-9-5-2-6-10-14)17-11-13-7-3-1-4-8-13/h1,3-4,7-8,14H,2,5-6,9-12H2,(H,15,16). The van der Waals surface area contributed by atoms with Crippen molar-refractivity contribution in [1.82, 2.24) is 0 Å². The van der Waals surface area contributed by atoms with E-state index in [4.69, 9.17) is 4.52 Å². The maximum atomic E-state index is 12.0. The monoisotopic (exact) mass is 268 g/mol. The van der Waals surface area contributed by atoms with E-state index >= 15 is 0 Å².